The summed E-state index contributed by atoms with van der Waals surface area (Å²) in [5.41, 5.74) is 4.42. The molecular formula is C21H26N4. The van der Waals surface area contributed by atoms with Crippen LogP contribution in [0.1, 0.15) is 44.0 Å². The number of hydrogen-bond acceptors (Lipinski definition) is 3. The molecule has 1 N–H and O–H groups in total. The molecule has 0 aliphatic rings. The van der Waals surface area contributed by atoms with Crippen molar-refractivity contribution in [3.05, 3.63) is 71.9 Å². The fourth-order valence-electron chi connectivity index (χ4n) is 3.04. The first-order chi connectivity index (χ1) is 12.3. The van der Waals surface area contributed by atoms with Crippen molar-refractivity contribution < 1.29 is 0 Å². The van der Waals surface area contributed by atoms with Crippen molar-refractivity contribution in [1.29, 1.82) is 0 Å². The molecule has 1 atom stereocenters. The lowest BCUT2D eigenvalue weighted by atomic mass is 10.0. The maximum atomic E-state index is 4.67. The van der Waals surface area contributed by atoms with Crippen LogP contribution in [0.3, 0.4) is 0 Å². The van der Waals surface area contributed by atoms with E-state index in [9.17, 15) is 0 Å². The summed E-state index contributed by atoms with van der Waals surface area (Å²) in [5, 5.41) is 13.0. The lowest BCUT2D eigenvalue weighted by Crippen LogP contribution is -2.21. The second-order valence-electron chi connectivity index (χ2n) is 6.18. The molecule has 0 bridgehead atoms. The molecule has 0 unspecified atom stereocenters. The SMILES string of the molecule is CCC[C@H](NCc1nn(CC)nc1-c1ccccc1)c1ccccc1. The highest BCUT2D eigenvalue weighted by molar-refractivity contribution is 5.60. The van der Waals surface area contributed by atoms with Crippen molar-refractivity contribution in [2.75, 3.05) is 0 Å². The van der Waals surface area contributed by atoms with E-state index in [1.165, 1.54) is 5.56 Å². The molecular weight excluding hydrogens is 308 g/mol. The topological polar surface area (TPSA) is 42.7 Å². The zero-order chi connectivity index (χ0) is 17.5. The summed E-state index contributed by atoms with van der Waals surface area (Å²) in [6, 6.07) is 21.3. The third kappa shape index (κ3) is 4.34. The first-order valence-corrected chi connectivity index (χ1v) is 9.09. The van der Waals surface area contributed by atoms with Crippen LogP contribution < -0.4 is 5.32 Å². The van der Waals surface area contributed by atoms with E-state index in [-0.39, 0.29) is 0 Å². The van der Waals surface area contributed by atoms with E-state index in [0.29, 0.717) is 12.6 Å². The average Bonchev–Trinajstić information content (AvgIpc) is 3.10. The Kier molecular flexibility index (Phi) is 5.96. The minimum Gasteiger partial charge on any atom is -0.304 e. The number of aromatic nitrogens is 3. The van der Waals surface area contributed by atoms with Gasteiger partial charge in [0.15, 0.2) is 0 Å². The van der Waals surface area contributed by atoms with Crippen molar-refractivity contribution in [3.8, 4) is 11.3 Å². The van der Waals surface area contributed by atoms with Gasteiger partial charge in [-0.15, -0.1) is 0 Å². The maximum absolute atomic E-state index is 4.67. The van der Waals surface area contributed by atoms with Crippen LogP contribution in [-0.4, -0.2) is 15.0 Å². The Morgan fingerprint density at radius 1 is 0.920 bits per heavy atom. The van der Waals surface area contributed by atoms with Crippen molar-refractivity contribution in [3.63, 3.8) is 0 Å². The van der Waals surface area contributed by atoms with Gasteiger partial charge in [-0.2, -0.15) is 15.0 Å². The fourth-order valence-corrected chi connectivity index (χ4v) is 3.04. The Labute approximate surface area is 149 Å². The molecule has 4 heteroatoms. The van der Waals surface area contributed by atoms with Gasteiger partial charge in [-0.25, -0.2) is 0 Å². The number of aryl methyl sites for hydroxylation is 1. The Hall–Kier alpha value is -2.46. The molecule has 130 valence electrons. The van der Waals surface area contributed by atoms with Crippen molar-refractivity contribution in [2.24, 2.45) is 0 Å². The van der Waals surface area contributed by atoms with Gasteiger partial charge in [-0.3, -0.25) is 0 Å². The molecule has 2 aromatic carbocycles. The van der Waals surface area contributed by atoms with Gasteiger partial charge in [-0.1, -0.05) is 74.0 Å². The number of nitrogens with one attached hydrogen (secondary N) is 1. The number of nitrogens with zero attached hydrogens (tertiary/aromatic N) is 3. The van der Waals surface area contributed by atoms with Crippen LogP contribution in [0, 0.1) is 0 Å². The Morgan fingerprint density at radius 3 is 2.24 bits per heavy atom. The van der Waals surface area contributed by atoms with Gasteiger partial charge in [0.25, 0.3) is 0 Å². The normalized spacial score (nSPS) is 12.2. The predicted octanol–water partition coefficient (Wildman–Crippen LogP) is 4.60. The van der Waals surface area contributed by atoms with Gasteiger partial charge in [0.05, 0.1) is 6.54 Å². The molecule has 1 heterocycles. The van der Waals surface area contributed by atoms with E-state index >= 15 is 0 Å². The van der Waals surface area contributed by atoms with Crippen LogP contribution in [-0.2, 0) is 13.1 Å². The molecule has 1 aromatic heterocycles. The lowest BCUT2D eigenvalue weighted by Gasteiger charge is -2.18. The van der Waals surface area contributed by atoms with Gasteiger partial charge in [-0.05, 0) is 18.9 Å². The Morgan fingerprint density at radius 2 is 1.60 bits per heavy atom. The average molecular weight is 334 g/mol. The van der Waals surface area contributed by atoms with Crippen LogP contribution in [0.25, 0.3) is 11.3 Å². The third-order valence-electron chi connectivity index (χ3n) is 4.35. The first-order valence-electron chi connectivity index (χ1n) is 9.09. The van der Waals surface area contributed by atoms with Crippen LogP contribution in [0.5, 0.6) is 0 Å². The highest BCUT2D eigenvalue weighted by atomic mass is 15.5. The van der Waals surface area contributed by atoms with Crippen LogP contribution in [0.4, 0.5) is 0 Å². The first kappa shape index (κ1) is 17.4. The number of hydrogen-bond donors (Lipinski definition) is 1. The van der Waals surface area contributed by atoms with Gasteiger partial charge in [0, 0.05) is 18.2 Å². The molecule has 0 radical (unpaired) electrons. The summed E-state index contributed by atoms with van der Waals surface area (Å²) >= 11 is 0. The molecule has 4 nitrogen and oxygen atoms in total. The molecule has 25 heavy (non-hydrogen) atoms. The number of benzene rings is 2. The zero-order valence-electron chi connectivity index (χ0n) is 15.0. The largest absolute Gasteiger partial charge is 0.304 e. The highest BCUT2D eigenvalue weighted by Crippen LogP contribution is 2.22. The quantitative estimate of drug-likeness (QED) is 0.655. The smallest absolute Gasteiger partial charge is 0.117 e. The summed E-state index contributed by atoms with van der Waals surface area (Å²) in [4.78, 5) is 1.77. The Bertz CT molecular complexity index is 765. The van der Waals surface area contributed by atoms with E-state index < -0.39 is 0 Å². The third-order valence-corrected chi connectivity index (χ3v) is 4.35. The molecule has 0 saturated heterocycles. The lowest BCUT2D eigenvalue weighted by molar-refractivity contribution is 0.484. The second kappa shape index (κ2) is 8.58. The second-order valence-corrected chi connectivity index (χ2v) is 6.18. The molecule has 0 saturated carbocycles. The Balaban J connectivity index is 1.81. The monoisotopic (exact) mass is 334 g/mol. The molecule has 0 aliphatic carbocycles. The maximum Gasteiger partial charge on any atom is 0.117 e. The molecule has 0 aliphatic heterocycles. The van der Waals surface area contributed by atoms with E-state index in [1.807, 2.05) is 18.2 Å². The summed E-state index contributed by atoms with van der Waals surface area (Å²) in [7, 11) is 0. The van der Waals surface area contributed by atoms with Gasteiger partial charge < -0.3 is 5.32 Å². The van der Waals surface area contributed by atoms with Gasteiger partial charge in [0.2, 0.25) is 0 Å². The van der Waals surface area contributed by atoms with Crippen molar-refractivity contribution in [1.82, 2.24) is 20.3 Å². The summed E-state index contributed by atoms with van der Waals surface area (Å²) < 4.78 is 0. The minimum absolute atomic E-state index is 0.335. The highest BCUT2D eigenvalue weighted by Gasteiger charge is 2.15. The molecule has 0 spiro atoms. The van der Waals surface area contributed by atoms with Crippen LogP contribution >= 0.6 is 0 Å². The summed E-state index contributed by atoms with van der Waals surface area (Å²) in [5.74, 6) is 0. The van der Waals surface area contributed by atoms with Crippen LogP contribution in [0.2, 0.25) is 0 Å². The fraction of sp³-hybridized carbons (Fsp3) is 0.333. The van der Waals surface area contributed by atoms with E-state index in [4.69, 9.17) is 0 Å². The molecule has 0 fully saturated rings. The number of rotatable bonds is 8. The molecule has 3 rings (SSSR count). The zero-order valence-corrected chi connectivity index (χ0v) is 15.0. The van der Waals surface area contributed by atoms with E-state index in [2.05, 4.69) is 71.8 Å². The molecule has 0 amide bonds. The summed E-state index contributed by atoms with van der Waals surface area (Å²) in [6.07, 6.45) is 2.24. The van der Waals surface area contributed by atoms with E-state index in [0.717, 1.165) is 36.3 Å². The molecule has 3 aromatic rings. The standard InChI is InChI=1S/C21H26N4/c1-3-11-19(17-12-7-5-8-13-17)22-16-20-21(24-25(4-2)23-20)18-14-9-6-10-15-18/h5-10,12-15,19,22H,3-4,11,16H2,1-2H3/t19-/m0/s1. The minimum atomic E-state index is 0.335. The van der Waals surface area contributed by atoms with Crippen molar-refractivity contribution in [2.45, 2.75) is 45.8 Å². The summed E-state index contributed by atoms with van der Waals surface area (Å²) in [6.45, 7) is 5.77. The van der Waals surface area contributed by atoms with E-state index in [1.54, 1.807) is 4.80 Å². The van der Waals surface area contributed by atoms with Gasteiger partial charge >= 0.3 is 0 Å². The van der Waals surface area contributed by atoms with Crippen molar-refractivity contribution >= 4 is 0 Å². The van der Waals surface area contributed by atoms with Crippen LogP contribution in [0.15, 0.2) is 60.7 Å². The van der Waals surface area contributed by atoms with Gasteiger partial charge in [0.1, 0.15) is 11.4 Å². The predicted molar refractivity (Wildman–Crippen MR) is 102 cm³/mol.